The first-order valence-corrected chi connectivity index (χ1v) is 8.76. The van der Waals surface area contributed by atoms with Gasteiger partial charge in [0.2, 0.25) is 11.8 Å². The molecule has 0 aromatic heterocycles. The maximum atomic E-state index is 12.6. The number of anilines is 2. The summed E-state index contributed by atoms with van der Waals surface area (Å²) in [6, 6.07) is 11.3. The van der Waals surface area contributed by atoms with Crippen molar-refractivity contribution in [1.82, 2.24) is 0 Å². The lowest BCUT2D eigenvalue weighted by Crippen LogP contribution is -2.35. The van der Waals surface area contributed by atoms with Gasteiger partial charge < -0.3 is 10.6 Å². The second-order valence-electron chi connectivity index (χ2n) is 6.25. The third kappa shape index (κ3) is 3.74. The lowest BCUT2D eigenvalue weighted by Gasteiger charge is -2.16. The van der Waals surface area contributed by atoms with E-state index in [1.165, 1.54) is 13.0 Å². The number of carbonyl (C=O) groups excluding carboxylic acids is 3. The maximum Gasteiger partial charge on any atom is 0.240 e. The molecule has 7 heteroatoms. The number of ketones is 1. The van der Waals surface area contributed by atoms with Gasteiger partial charge in [0.25, 0.3) is 0 Å². The highest BCUT2D eigenvalue weighted by atomic mass is 35.5. The largest absolute Gasteiger partial charge is 0.325 e. The van der Waals surface area contributed by atoms with Crippen LogP contribution in [0.1, 0.15) is 30.1 Å². The van der Waals surface area contributed by atoms with Crippen molar-refractivity contribution in [2.24, 2.45) is 5.41 Å². The summed E-state index contributed by atoms with van der Waals surface area (Å²) in [5, 5.41) is 6.17. The molecule has 0 spiro atoms. The fraction of sp³-hybridized carbons (Fsp3) is 0.211. The summed E-state index contributed by atoms with van der Waals surface area (Å²) in [6.07, 6.45) is 0.893. The van der Waals surface area contributed by atoms with E-state index in [1.807, 2.05) is 0 Å². The van der Waals surface area contributed by atoms with Gasteiger partial charge in [0.1, 0.15) is 5.41 Å². The van der Waals surface area contributed by atoms with Crippen LogP contribution in [0.2, 0.25) is 10.0 Å². The number of nitrogens with one attached hydrogen (secondary N) is 2. The molecule has 1 fully saturated rings. The van der Waals surface area contributed by atoms with Crippen LogP contribution in [0.4, 0.5) is 11.4 Å². The van der Waals surface area contributed by atoms with E-state index in [4.69, 9.17) is 23.2 Å². The number of hydrogen-bond acceptors (Lipinski definition) is 3. The monoisotopic (exact) mass is 390 g/mol. The molecule has 1 aliphatic carbocycles. The van der Waals surface area contributed by atoms with Crippen LogP contribution in [0.15, 0.2) is 42.5 Å². The van der Waals surface area contributed by atoms with Gasteiger partial charge in [-0.25, -0.2) is 0 Å². The number of amides is 2. The van der Waals surface area contributed by atoms with Gasteiger partial charge in [-0.05, 0) is 50.1 Å². The lowest BCUT2D eigenvalue weighted by atomic mass is 10.0. The molecule has 2 aromatic rings. The average Bonchev–Trinajstić information content (AvgIpc) is 3.39. The van der Waals surface area contributed by atoms with Crippen molar-refractivity contribution < 1.29 is 14.4 Å². The minimum absolute atomic E-state index is 0.0997. The van der Waals surface area contributed by atoms with Crippen LogP contribution >= 0.6 is 23.2 Å². The Labute approximate surface area is 160 Å². The standard InChI is InChI=1S/C19H16Cl2N2O3/c1-11(24)12-3-2-4-14(9-12)22-17(25)19(7-8-19)18(26)23-16-6-5-13(20)10-15(16)21/h2-6,9-10H,7-8H2,1H3,(H,22,25)(H,23,26). The fourth-order valence-electron chi connectivity index (χ4n) is 2.58. The SMILES string of the molecule is CC(=O)c1cccc(NC(=O)C2(C(=O)Nc3ccc(Cl)cc3Cl)CC2)c1. The lowest BCUT2D eigenvalue weighted by molar-refractivity contribution is -0.131. The summed E-state index contributed by atoms with van der Waals surface area (Å²) in [5.74, 6) is -0.917. The molecular weight excluding hydrogens is 375 g/mol. The molecule has 0 heterocycles. The molecule has 2 N–H and O–H groups in total. The molecule has 1 saturated carbocycles. The minimum Gasteiger partial charge on any atom is -0.325 e. The molecule has 3 rings (SSSR count). The summed E-state index contributed by atoms with van der Waals surface area (Å²) in [6.45, 7) is 1.45. The Kier molecular flexibility index (Phi) is 5.03. The van der Waals surface area contributed by atoms with Gasteiger partial charge in [0.15, 0.2) is 5.78 Å². The van der Waals surface area contributed by atoms with Crippen molar-refractivity contribution in [2.45, 2.75) is 19.8 Å². The predicted octanol–water partition coefficient (Wildman–Crippen LogP) is 4.55. The maximum absolute atomic E-state index is 12.6. The van der Waals surface area contributed by atoms with Crippen LogP contribution in [0.25, 0.3) is 0 Å². The molecule has 2 amide bonds. The number of carbonyl (C=O) groups is 3. The van der Waals surface area contributed by atoms with Crippen LogP contribution < -0.4 is 10.6 Å². The van der Waals surface area contributed by atoms with Gasteiger partial charge in [-0.1, -0.05) is 35.3 Å². The number of halogens is 2. The molecule has 26 heavy (non-hydrogen) atoms. The van der Waals surface area contributed by atoms with E-state index in [2.05, 4.69) is 10.6 Å². The highest BCUT2D eigenvalue weighted by Crippen LogP contribution is 2.47. The molecule has 0 atom stereocenters. The third-order valence-corrected chi connectivity index (χ3v) is 4.87. The summed E-state index contributed by atoms with van der Waals surface area (Å²) >= 11 is 11.9. The average molecular weight is 391 g/mol. The number of rotatable bonds is 5. The van der Waals surface area contributed by atoms with Gasteiger partial charge in [-0.15, -0.1) is 0 Å². The van der Waals surface area contributed by atoms with Gasteiger partial charge in [0, 0.05) is 16.3 Å². The molecule has 0 unspecified atom stereocenters. The van der Waals surface area contributed by atoms with Gasteiger partial charge in [-0.3, -0.25) is 14.4 Å². The first kappa shape index (κ1) is 18.4. The van der Waals surface area contributed by atoms with Crippen LogP contribution in [-0.2, 0) is 9.59 Å². The normalized spacial score (nSPS) is 14.4. The Morgan fingerprint density at radius 3 is 2.27 bits per heavy atom. The molecular formula is C19H16Cl2N2O3. The van der Waals surface area contributed by atoms with E-state index in [0.717, 1.165) is 0 Å². The van der Waals surface area contributed by atoms with Crippen molar-refractivity contribution in [2.75, 3.05) is 10.6 Å². The van der Waals surface area contributed by atoms with Gasteiger partial charge in [0.05, 0.1) is 10.7 Å². The zero-order valence-corrected chi connectivity index (χ0v) is 15.4. The Morgan fingerprint density at radius 1 is 0.962 bits per heavy atom. The van der Waals surface area contributed by atoms with Gasteiger partial charge in [-0.2, -0.15) is 0 Å². The van der Waals surface area contributed by atoms with Crippen LogP contribution in [0, 0.1) is 5.41 Å². The topological polar surface area (TPSA) is 75.3 Å². The Bertz CT molecular complexity index is 907. The van der Waals surface area contributed by atoms with Crippen molar-refractivity contribution in [3.63, 3.8) is 0 Å². The number of benzene rings is 2. The Hall–Kier alpha value is -2.37. The van der Waals surface area contributed by atoms with E-state index in [1.54, 1.807) is 36.4 Å². The quantitative estimate of drug-likeness (QED) is 0.580. The smallest absolute Gasteiger partial charge is 0.240 e. The van der Waals surface area contributed by atoms with E-state index in [-0.39, 0.29) is 5.78 Å². The van der Waals surface area contributed by atoms with Crippen LogP contribution in [0.3, 0.4) is 0 Å². The zero-order chi connectivity index (χ0) is 18.9. The highest BCUT2D eigenvalue weighted by Gasteiger charge is 2.56. The second kappa shape index (κ2) is 7.09. The number of hydrogen-bond donors (Lipinski definition) is 2. The van der Waals surface area contributed by atoms with Crippen LogP contribution in [0.5, 0.6) is 0 Å². The molecule has 134 valence electrons. The van der Waals surface area contributed by atoms with Crippen molar-refractivity contribution in [1.29, 1.82) is 0 Å². The number of Topliss-reactive ketones (excluding diaryl/α,β-unsaturated/α-hetero) is 1. The predicted molar refractivity (Wildman–Crippen MR) is 102 cm³/mol. The van der Waals surface area contributed by atoms with Crippen molar-refractivity contribution in [3.8, 4) is 0 Å². The van der Waals surface area contributed by atoms with Crippen LogP contribution in [-0.4, -0.2) is 17.6 Å². The van der Waals surface area contributed by atoms with E-state index >= 15 is 0 Å². The summed E-state index contributed by atoms with van der Waals surface area (Å²) < 4.78 is 0. The molecule has 1 aliphatic rings. The summed E-state index contributed by atoms with van der Waals surface area (Å²) in [4.78, 5) is 36.7. The third-order valence-electron chi connectivity index (χ3n) is 4.33. The Balaban J connectivity index is 1.73. The van der Waals surface area contributed by atoms with Crippen molar-refractivity contribution >= 4 is 52.2 Å². The Morgan fingerprint density at radius 2 is 1.65 bits per heavy atom. The molecule has 0 saturated heterocycles. The van der Waals surface area contributed by atoms with E-state index in [9.17, 15) is 14.4 Å². The molecule has 0 bridgehead atoms. The summed E-state index contributed by atoms with van der Waals surface area (Å²) in [5.41, 5.74) is 0.241. The fourth-order valence-corrected chi connectivity index (χ4v) is 3.04. The first-order chi connectivity index (χ1) is 12.3. The molecule has 5 nitrogen and oxygen atoms in total. The highest BCUT2D eigenvalue weighted by molar-refractivity contribution is 6.37. The second-order valence-corrected chi connectivity index (χ2v) is 7.10. The van der Waals surface area contributed by atoms with E-state index in [0.29, 0.717) is 39.8 Å². The van der Waals surface area contributed by atoms with E-state index < -0.39 is 17.2 Å². The van der Waals surface area contributed by atoms with Crippen molar-refractivity contribution in [3.05, 3.63) is 58.1 Å². The zero-order valence-electron chi connectivity index (χ0n) is 13.9. The molecule has 0 aliphatic heterocycles. The first-order valence-electron chi connectivity index (χ1n) is 8.01. The minimum atomic E-state index is -1.13. The molecule has 2 aromatic carbocycles. The van der Waals surface area contributed by atoms with Gasteiger partial charge >= 0.3 is 0 Å². The summed E-state index contributed by atoms with van der Waals surface area (Å²) in [7, 11) is 0. The molecule has 0 radical (unpaired) electrons.